The molecule has 2 unspecified atom stereocenters. The molecule has 1 aliphatic carbocycles. The number of hydrogen-bond donors (Lipinski definition) is 2. The molecule has 1 aliphatic rings. The molecule has 0 aromatic carbocycles. The Kier molecular flexibility index (Phi) is 2.28. The summed E-state index contributed by atoms with van der Waals surface area (Å²) in [6.07, 6.45) is 0.486. The van der Waals surface area contributed by atoms with Crippen molar-refractivity contribution >= 4 is 6.09 Å². The lowest BCUT2D eigenvalue weighted by Crippen LogP contribution is -2.35. The number of ether oxygens (including phenoxy) is 1. The predicted molar refractivity (Wildman–Crippen MR) is 45.8 cm³/mol. The van der Waals surface area contributed by atoms with Gasteiger partial charge in [-0.25, -0.2) is 4.79 Å². The first-order chi connectivity index (χ1) is 5.38. The second kappa shape index (κ2) is 2.94. The molecule has 4 heteroatoms. The summed E-state index contributed by atoms with van der Waals surface area (Å²) in [5.41, 5.74) is 5.08. The molecule has 2 atom stereocenters. The summed E-state index contributed by atoms with van der Waals surface area (Å²) >= 11 is 0. The minimum atomic E-state index is -0.428. The van der Waals surface area contributed by atoms with Crippen molar-refractivity contribution in [3.05, 3.63) is 0 Å². The van der Waals surface area contributed by atoms with Crippen molar-refractivity contribution in [2.75, 3.05) is 0 Å². The minimum Gasteiger partial charge on any atom is -0.444 e. The largest absolute Gasteiger partial charge is 0.444 e. The quantitative estimate of drug-likeness (QED) is 0.609. The van der Waals surface area contributed by atoms with Crippen LogP contribution in [0.4, 0.5) is 4.79 Å². The van der Waals surface area contributed by atoms with Crippen LogP contribution in [0, 0.1) is 0 Å². The summed E-state index contributed by atoms with van der Waals surface area (Å²) < 4.78 is 5.03. The summed E-state index contributed by atoms with van der Waals surface area (Å²) in [6, 6.07) is 0.248. The van der Waals surface area contributed by atoms with Gasteiger partial charge in [-0.3, -0.25) is 0 Å². The smallest absolute Gasteiger partial charge is 0.407 e. The Labute approximate surface area is 72.5 Å². The molecule has 3 N–H and O–H groups in total. The molecule has 1 rings (SSSR count). The van der Waals surface area contributed by atoms with Crippen molar-refractivity contribution in [3.8, 4) is 0 Å². The molecule has 70 valence electrons. The fourth-order valence-electron chi connectivity index (χ4n) is 0.840. The number of rotatable bonds is 1. The molecule has 0 aromatic rings. The van der Waals surface area contributed by atoms with E-state index in [0.29, 0.717) is 0 Å². The van der Waals surface area contributed by atoms with Crippen LogP contribution in [0.3, 0.4) is 0 Å². The van der Waals surface area contributed by atoms with Crippen LogP contribution in [-0.4, -0.2) is 23.8 Å². The molecule has 0 radical (unpaired) electrons. The average molecular weight is 172 g/mol. The van der Waals surface area contributed by atoms with Gasteiger partial charge in [0.1, 0.15) is 5.60 Å². The first kappa shape index (κ1) is 9.32. The van der Waals surface area contributed by atoms with Gasteiger partial charge in [0.2, 0.25) is 0 Å². The molecule has 0 aromatic heterocycles. The van der Waals surface area contributed by atoms with E-state index in [2.05, 4.69) is 5.32 Å². The van der Waals surface area contributed by atoms with Crippen LogP contribution in [-0.2, 0) is 4.74 Å². The third-order valence-electron chi connectivity index (χ3n) is 1.54. The van der Waals surface area contributed by atoms with Crippen molar-refractivity contribution < 1.29 is 9.53 Å². The maximum absolute atomic E-state index is 11.1. The molecule has 12 heavy (non-hydrogen) atoms. The minimum absolute atomic E-state index is 0.123. The Morgan fingerprint density at radius 1 is 1.58 bits per heavy atom. The average Bonchev–Trinajstić information content (AvgIpc) is 2.40. The lowest BCUT2D eigenvalue weighted by atomic mass is 10.2. The number of alkyl carbamates (subject to hydrolysis) is 1. The molecule has 0 aliphatic heterocycles. The normalized spacial score (nSPS) is 28.0. The maximum Gasteiger partial charge on any atom is 0.407 e. The molecule has 1 fully saturated rings. The number of hydrogen-bond acceptors (Lipinski definition) is 3. The lowest BCUT2D eigenvalue weighted by molar-refractivity contribution is 0.0523. The zero-order valence-electron chi connectivity index (χ0n) is 7.76. The summed E-state index contributed by atoms with van der Waals surface area (Å²) in [5, 5.41) is 2.67. The van der Waals surface area contributed by atoms with Crippen molar-refractivity contribution in [3.63, 3.8) is 0 Å². The number of amides is 1. The lowest BCUT2D eigenvalue weighted by Gasteiger charge is -2.19. The van der Waals surface area contributed by atoms with Crippen LogP contribution in [0.25, 0.3) is 0 Å². The fourth-order valence-corrected chi connectivity index (χ4v) is 0.840. The van der Waals surface area contributed by atoms with Gasteiger partial charge in [0.15, 0.2) is 0 Å². The Balaban J connectivity index is 2.21. The SMILES string of the molecule is CC(C)(C)OC(=O)NC1CC1N. The molecule has 4 nitrogen and oxygen atoms in total. The second-order valence-corrected chi connectivity index (χ2v) is 4.15. The van der Waals surface area contributed by atoms with Crippen molar-refractivity contribution in [2.45, 2.75) is 44.9 Å². The van der Waals surface area contributed by atoms with E-state index in [1.807, 2.05) is 20.8 Å². The highest BCUT2D eigenvalue weighted by Gasteiger charge is 2.35. The van der Waals surface area contributed by atoms with Crippen LogP contribution in [0.5, 0.6) is 0 Å². The van der Waals surface area contributed by atoms with Gasteiger partial charge >= 0.3 is 6.09 Å². The zero-order chi connectivity index (χ0) is 9.35. The predicted octanol–water partition coefficient (Wildman–Crippen LogP) is 0.611. The Morgan fingerprint density at radius 2 is 2.08 bits per heavy atom. The van der Waals surface area contributed by atoms with Gasteiger partial charge in [0.25, 0.3) is 0 Å². The van der Waals surface area contributed by atoms with Gasteiger partial charge < -0.3 is 15.8 Å². The molecule has 0 bridgehead atoms. The van der Waals surface area contributed by atoms with Crippen molar-refractivity contribution in [2.24, 2.45) is 5.73 Å². The molecular weight excluding hydrogens is 156 g/mol. The Morgan fingerprint density at radius 3 is 2.42 bits per heavy atom. The summed E-state index contributed by atoms with van der Waals surface area (Å²) in [4.78, 5) is 11.1. The monoisotopic (exact) mass is 172 g/mol. The van der Waals surface area contributed by atoms with E-state index in [1.54, 1.807) is 0 Å². The first-order valence-electron chi connectivity index (χ1n) is 4.13. The van der Waals surface area contributed by atoms with E-state index < -0.39 is 5.60 Å². The zero-order valence-corrected chi connectivity index (χ0v) is 7.76. The number of carbonyl (C=O) groups excluding carboxylic acids is 1. The highest BCUT2D eigenvalue weighted by atomic mass is 16.6. The standard InChI is InChI=1S/C8H16N2O2/c1-8(2,3)12-7(11)10-6-4-5(6)9/h5-6H,4,9H2,1-3H3,(H,10,11). The fraction of sp³-hybridized carbons (Fsp3) is 0.875. The second-order valence-electron chi connectivity index (χ2n) is 4.15. The van der Waals surface area contributed by atoms with E-state index in [0.717, 1.165) is 6.42 Å². The number of nitrogens with one attached hydrogen (secondary N) is 1. The molecule has 0 heterocycles. The van der Waals surface area contributed by atoms with E-state index in [-0.39, 0.29) is 18.2 Å². The van der Waals surface area contributed by atoms with Crippen LogP contribution in [0.1, 0.15) is 27.2 Å². The van der Waals surface area contributed by atoms with Crippen molar-refractivity contribution in [1.82, 2.24) is 5.32 Å². The van der Waals surface area contributed by atoms with Gasteiger partial charge in [-0.05, 0) is 27.2 Å². The Bertz CT molecular complexity index is 186. The van der Waals surface area contributed by atoms with Crippen LogP contribution >= 0.6 is 0 Å². The van der Waals surface area contributed by atoms with Crippen LogP contribution in [0.2, 0.25) is 0 Å². The summed E-state index contributed by atoms with van der Waals surface area (Å²) in [7, 11) is 0. The van der Waals surface area contributed by atoms with Crippen LogP contribution < -0.4 is 11.1 Å². The van der Waals surface area contributed by atoms with Gasteiger partial charge in [-0.2, -0.15) is 0 Å². The molecule has 0 spiro atoms. The molecular formula is C8H16N2O2. The van der Waals surface area contributed by atoms with E-state index in [4.69, 9.17) is 10.5 Å². The van der Waals surface area contributed by atoms with Crippen molar-refractivity contribution in [1.29, 1.82) is 0 Å². The molecule has 1 amide bonds. The third-order valence-corrected chi connectivity index (χ3v) is 1.54. The van der Waals surface area contributed by atoms with Gasteiger partial charge in [0.05, 0.1) is 0 Å². The third kappa shape index (κ3) is 3.09. The number of carbonyl (C=O) groups is 1. The van der Waals surface area contributed by atoms with Gasteiger partial charge in [-0.1, -0.05) is 0 Å². The topological polar surface area (TPSA) is 64.3 Å². The summed E-state index contributed by atoms with van der Waals surface area (Å²) in [5.74, 6) is 0. The molecule has 1 saturated carbocycles. The maximum atomic E-state index is 11.1. The highest BCUT2D eigenvalue weighted by molar-refractivity contribution is 5.68. The number of nitrogens with two attached hydrogens (primary N) is 1. The first-order valence-corrected chi connectivity index (χ1v) is 4.13. The van der Waals surface area contributed by atoms with Gasteiger partial charge in [-0.15, -0.1) is 0 Å². The molecule has 0 saturated heterocycles. The van der Waals surface area contributed by atoms with E-state index >= 15 is 0 Å². The Hall–Kier alpha value is -0.770. The van der Waals surface area contributed by atoms with E-state index in [9.17, 15) is 4.79 Å². The summed E-state index contributed by atoms with van der Waals surface area (Å²) in [6.45, 7) is 5.50. The van der Waals surface area contributed by atoms with Crippen LogP contribution in [0.15, 0.2) is 0 Å². The van der Waals surface area contributed by atoms with Gasteiger partial charge in [0, 0.05) is 12.1 Å². The highest BCUT2D eigenvalue weighted by Crippen LogP contribution is 2.18. The van der Waals surface area contributed by atoms with E-state index in [1.165, 1.54) is 0 Å².